The van der Waals surface area contributed by atoms with Gasteiger partial charge in [0.15, 0.2) is 0 Å². The SMILES string of the molecule is COCC(COC)OC(=O)c1ccc(CCC2CC(c3ccc(C)cc3)SCC2=O)c(C)c1. The Morgan fingerprint density at radius 2 is 1.76 bits per heavy atom. The zero-order valence-corrected chi connectivity index (χ0v) is 20.8. The minimum absolute atomic E-state index is 0.0745. The van der Waals surface area contributed by atoms with Crippen molar-refractivity contribution in [1.82, 2.24) is 0 Å². The van der Waals surface area contributed by atoms with Crippen LogP contribution in [0.5, 0.6) is 0 Å². The first-order chi connectivity index (χ1) is 15.9. The van der Waals surface area contributed by atoms with Gasteiger partial charge >= 0.3 is 5.97 Å². The molecule has 2 unspecified atom stereocenters. The average molecular weight is 471 g/mol. The maximum Gasteiger partial charge on any atom is 0.338 e. The van der Waals surface area contributed by atoms with Crippen LogP contribution in [0.15, 0.2) is 42.5 Å². The van der Waals surface area contributed by atoms with Gasteiger partial charge in [-0.2, -0.15) is 0 Å². The van der Waals surface area contributed by atoms with E-state index in [2.05, 4.69) is 31.2 Å². The lowest BCUT2D eigenvalue weighted by molar-refractivity contribution is -0.121. The van der Waals surface area contributed by atoms with Crippen molar-refractivity contribution in [3.63, 3.8) is 0 Å². The van der Waals surface area contributed by atoms with Gasteiger partial charge in [0.25, 0.3) is 0 Å². The lowest BCUT2D eigenvalue weighted by Crippen LogP contribution is -2.27. The molecule has 0 bridgehead atoms. The van der Waals surface area contributed by atoms with E-state index >= 15 is 0 Å². The van der Waals surface area contributed by atoms with Gasteiger partial charge in [-0.15, -0.1) is 11.8 Å². The molecule has 2 aromatic carbocycles. The molecule has 1 saturated heterocycles. The Balaban J connectivity index is 1.59. The van der Waals surface area contributed by atoms with Gasteiger partial charge in [-0.25, -0.2) is 4.79 Å². The summed E-state index contributed by atoms with van der Waals surface area (Å²) < 4.78 is 15.7. The quantitative estimate of drug-likeness (QED) is 0.449. The number of ether oxygens (including phenoxy) is 3. The van der Waals surface area contributed by atoms with Gasteiger partial charge in [-0.1, -0.05) is 35.9 Å². The van der Waals surface area contributed by atoms with Crippen LogP contribution in [-0.4, -0.2) is 51.0 Å². The number of carbonyl (C=O) groups excluding carboxylic acids is 2. The summed E-state index contributed by atoms with van der Waals surface area (Å²) in [4.78, 5) is 25.1. The van der Waals surface area contributed by atoms with Crippen molar-refractivity contribution in [2.45, 2.75) is 44.5 Å². The summed E-state index contributed by atoms with van der Waals surface area (Å²) in [5.74, 6) is 0.620. The molecule has 0 saturated carbocycles. The molecule has 0 aliphatic carbocycles. The Morgan fingerprint density at radius 1 is 1.06 bits per heavy atom. The Kier molecular flexibility index (Phi) is 9.53. The Morgan fingerprint density at radius 3 is 2.39 bits per heavy atom. The molecule has 6 heteroatoms. The van der Waals surface area contributed by atoms with E-state index in [1.165, 1.54) is 11.1 Å². The molecule has 1 fully saturated rings. The fourth-order valence-corrected chi connectivity index (χ4v) is 5.51. The van der Waals surface area contributed by atoms with Crippen molar-refractivity contribution in [2.24, 2.45) is 5.92 Å². The summed E-state index contributed by atoms with van der Waals surface area (Å²) in [6.45, 7) is 4.67. The average Bonchev–Trinajstić information content (AvgIpc) is 2.80. The van der Waals surface area contributed by atoms with Crippen LogP contribution in [0.2, 0.25) is 0 Å². The fourth-order valence-electron chi connectivity index (χ4n) is 4.19. The minimum Gasteiger partial charge on any atom is -0.454 e. The molecule has 3 rings (SSSR count). The van der Waals surface area contributed by atoms with Crippen LogP contribution in [0.25, 0.3) is 0 Å². The first-order valence-electron chi connectivity index (χ1n) is 11.4. The van der Waals surface area contributed by atoms with E-state index < -0.39 is 6.10 Å². The van der Waals surface area contributed by atoms with Crippen molar-refractivity contribution in [3.8, 4) is 0 Å². The third-order valence-corrected chi connectivity index (χ3v) is 7.47. The Labute approximate surface area is 201 Å². The smallest absolute Gasteiger partial charge is 0.338 e. The first-order valence-corrected chi connectivity index (χ1v) is 12.5. The van der Waals surface area contributed by atoms with Crippen LogP contribution >= 0.6 is 11.8 Å². The zero-order valence-electron chi connectivity index (χ0n) is 20.0. The summed E-state index contributed by atoms with van der Waals surface area (Å²) in [5.41, 5.74) is 5.27. The molecule has 2 atom stereocenters. The van der Waals surface area contributed by atoms with Crippen LogP contribution < -0.4 is 0 Å². The van der Waals surface area contributed by atoms with Crippen molar-refractivity contribution < 1.29 is 23.8 Å². The highest BCUT2D eigenvalue weighted by Crippen LogP contribution is 2.41. The van der Waals surface area contributed by atoms with E-state index in [1.807, 2.05) is 19.1 Å². The van der Waals surface area contributed by atoms with Gasteiger partial charge < -0.3 is 14.2 Å². The molecule has 0 spiro atoms. The number of ketones is 1. The van der Waals surface area contributed by atoms with Crippen molar-refractivity contribution in [2.75, 3.05) is 33.2 Å². The topological polar surface area (TPSA) is 61.8 Å². The Bertz CT molecular complexity index is 934. The third kappa shape index (κ3) is 7.16. The number of hydrogen-bond donors (Lipinski definition) is 0. The molecule has 0 amide bonds. The van der Waals surface area contributed by atoms with Gasteiger partial charge in [-0.05, 0) is 61.9 Å². The zero-order chi connectivity index (χ0) is 23.8. The number of aryl methyl sites for hydroxylation is 3. The van der Waals surface area contributed by atoms with E-state index in [9.17, 15) is 9.59 Å². The predicted octanol–water partition coefficient (Wildman–Crippen LogP) is 5.12. The molecule has 0 radical (unpaired) electrons. The molecule has 178 valence electrons. The number of rotatable bonds is 10. The molecule has 1 aliphatic rings. The van der Waals surface area contributed by atoms with Crippen LogP contribution in [-0.2, 0) is 25.4 Å². The number of methoxy groups -OCH3 is 2. The van der Waals surface area contributed by atoms with Gasteiger partial charge in [0.05, 0.1) is 24.5 Å². The standard InChI is InChI=1S/C27H34O5S/c1-18-5-7-21(8-6-18)26-14-22(25(28)17-33-26)11-9-20-10-12-23(13-19(20)2)27(29)32-24(15-30-3)16-31-4/h5-8,10,12-13,22,24,26H,9,11,14-17H2,1-4H3. The highest BCUT2D eigenvalue weighted by Gasteiger charge is 2.30. The van der Waals surface area contributed by atoms with E-state index in [1.54, 1.807) is 32.0 Å². The first kappa shape index (κ1) is 25.5. The number of hydrogen-bond acceptors (Lipinski definition) is 6. The number of thioether (sulfide) groups is 1. The van der Waals surface area contributed by atoms with E-state index in [0.717, 1.165) is 30.4 Å². The molecule has 0 N–H and O–H groups in total. The summed E-state index contributed by atoms with van der Waals surface area (Å²) in [7, 11) is 3.13. The minimum atomic E-state index is -0.441. The maximum absolute atomic E-state index is 12.6. The van der Waals surface area contributed by atoms with Crippen LogP contribution in [0.4, 0.5) is 0 Å². The fraction of sp³-hybridized carbons (Fsp3) is 0.481. The molecule has 5 nitrogen and oxygen atoms in total. The monoisotopic (exact) mass is 470 g/mol. The van der Waals surface area contributed by atoms with Crippen LogP contribution in [0.1, 0.15) is 50.7 Å². The van der Waals surface area contributed by atoms with E-state index in [0.29, 0.717) is 22.3 Å². The largest absolute Gasteiger partial charge is 0.454 e. The van der Waals surface area contributed by atoms with Crippen molar-refractivity contribution >= 4 is 23.5 Å². The molecular weight excluding hydrogens is 436 g/mol. The lowest BCUT2D eigenvalue weighted by atomic mass is 9.88. The highest BCUT2D eigenvalue weighted by atomic mass is 32.2. The highest BCUT2D eigenvalue weighted by molar-refractivity contribution is 8.00. The second-order valence-electron chi connectivity index (χ2n) is 8.73. The Hall–Kier alpha value is -2.15. The van der Waals surface area contributed by atoms with Gasteiger partial charge in [-0.3, -0.25) is 4.79 Å². The number of benzene rings is 2. The molecule has 2 aromatic rings. The summed E-state index contributed by atoms with van der Waals surface area (Å²) >= 11 is 1.76. The molecule has 33 heavy (non-hydrogen) atoms. The van der Waals surface area contributed by atoms with Gasteiger partial charge in [0.1, 0.15) is 11.9 Å². The third-order valence-electron chi connectivity index (χ3n) is 6.15. The second kappa shape index (κ2) is 12.4. The summed E-state index contributed by atoms with van der Waals surface area (Å²) in [5, 5.41) is 0.374. The number of esters is 1. The summed E-state index contributed by atoms with van der Waals surface area (Å²) in [6, 6.07) is 14.3. The molecule has 1 heterocycles. The van der Waals surface area contributed by atoms with Gasteiger partial charge in [0, 0.05) is 25.4 Å². The summed E-state index contributed by atoms with van der Waals surface area (Å²) in [6.07, 6.45) is 2.09. The van der Waals surface area contributed by atoms with Crippen molar-refractivity contribution in [1.29, 1.82) is 0 Å². The number of Topliss-reactive ketones (excluding diaryl/α,β-unsaturated/α-hetero) is 1. The lowest BCUT2D eigenvalue weighted by Gasteiger charge is -2.28. The molecular formula is C27H34O5S. The van der Waals surface area contributed by atoms with Crippen LogP contribution in [0.3, 0.4) is 0 Å². The van der Waals surface area contributed by atoms with E-state index in [4.69, 9.17) is 14.2 Å². The molecule has 1 aliphatic heterocycles. The molecule has 0 aromatic heterocycles. The van der Waals surface area contributed by atoms with Crippen molar-refractivity contribution in [3.05, 3.63) is 70.3 Å². The van der Waals surface area contributed by atoms with Gasteiger partial charge in [0.2, 0.25) is 0 Å². The maximum atomic E-state index is 12.6. The normalized spacial score (nSPS) is 18.5. The van der Waals surface area contributed by atoms with Crippen LogP contribution in [0, 0.1) is 19.8 Å². The van der Waals surface area contributed by atoms with E-state index in [-0.39, 0.29) is 25.1 Å². The predicted molar refractivity (Wildman–Crippen MR) is 132 cm³/mol. The number of carbonyl (C=O) groups is 2. The second-order valence-corrected chi connectivity index (χ2v) is 9.92.